The molecular formula is C27H24Cl2N2O3. The molecule has 0 atom stereocenters. The van der Waals surface area contributed by atoms with E-state index >= 15 is 0 Å². The van der Waals surface area contributed by atoms with Crippen LogP contribution in [0.5, 0.6) is 11.5 Å². The topological polar surface area (TPSA) is 71.3 Å². The van der Waals surface area contributed by atoms with Crippen LogP contribution >= 0.6 is 23.2 Å². The fourth-order valence-electron chi connectivity index (χ4n) is 3.24. The van der Waals surface area contributed by atoms with Crippen molar-refractivity contribution in [2.24, 2.45) is 0 Å². The zero-order chi connectivity index (χ0) is 24.3. The maximum atomic E-state index is 12.4. The summed E-state index contributed by atoms with van der Waals surface area (Å²) >= 11 is 12.1. The Morgan fingerprint density at radius 3 is 2.56 bits per heavy atom. The van der Waals surface area contributed by atoms with Gasteiger partial charge >= 0.3 is 0 Å². The van der Waals surface area contributed by atoms with Crippen LogP contribution in [0.3, 0.4) is 0 Å². The van der Waals surface area contributed by atoms with E-state index in [-0.39, 0.29) is 12.2 Å². The summed E-state index contributed by atoms with van der Waals surface area (Å²) in [6.45, 7) is 0.715. The average molecular weight is 495 g/mol. The zero-order valence-corrected chi connectivity index (χ0v) is 20.2. The Kier molecular flexibility index (Phi) is 9.40. The van der Waals surface area contributed by atoms with Gasteiger partial charge in [0, 0.05) is 22.2 Å². The number of carbonyl (C=O) groups is 1. The predicted molar refractivity (Wildman–Crippen MR) is 135 cm³/mol. The normalized spacial score (nSPS) is 10.9. The molecule has 5 nitrogen and oxygen atoms in total. The number of carbonyl (C=O) groups excluding carboxylic acids is 1. The molecule has 1 N–H and O–H groups in total. The van der Waals surface area contributed by atoms with E-state index in [2.05, 4.69) is 5.32 Å². The summed E-state index contributed by atoms with van der Waals surface area (Å²) in [5, 5.41) is 13.3. The van der Waals surface area contributed by atoms with Crippen molar-refractivity contribution in [1.29, 1.82) is 5.26 Å². The fraction of sp³-hybridized carbons (Fsp3) is 0.185. The van der Waals surface area contributed by atoms with Crippen LogP contribution in [-0.2, 0) is 17.8 Å². The van der Waals surface area contributed by atoms with Crippen LogP contribution in [0.1, 0.15) is 23.1 Å². The second kappa shape index (κ2) is 12.7. The summed E-state index contributed by atoms with van der Waals surface area (Å²) in [5.41, 5.74) is 2.65. The first-order valence-corrected chi connectivity index (χ1v) is 11.4. The van der Waals surface area contributed by atoms with Gasteiger partial charge in [0.05, 0.1) is 7.11 Å². The molecule has 3 aromatic carbocycles. The van der Waals surface area contributed by atoms with Gasteiger partial charge in [0.1, 0.15) is 18.2 Å². The molecule has 1 amide bonds. The lowest BCUT2D eigenvalue weighted by Crippen LogP contribution is -2.25. The van der Waals surface area contributed by atoms with E-state index < -0.39 is 5.91 Å². The molecule has 3 rings (SSSR count). The van der Waals surface area contributed by atoms with Crippen LogP contribution in [0.4, 0.5) is 0 Å². The Morgan fingerprint density at radius 2 is 1.85 bits per heavy atom. The minimum Gasteiger partial charge on any atom is -0.493 e. The summed E-state index contributed by atoms with van der Waals surface area (Å²) in [6, 6.07) is 22.4. The van der Waals surface area contributed by atoms with Gasteiger partial charge in [0.25, 0.3) is 5.91 Å². The van der Waals surface area contributed by atoms with Gasteiger partial charge in [-0.1, -0.05) is 65.7 Å². The first-order valence-electron chi connectivity index (χ1n) is 10.7. The third-order valence-electron chi connectivity index (χ3n) is 5.03. The maximum Gasteiger partial charge on any atom is 0.261 e. The van der Waals surface area contributed by atoms with E-state index in [1.54, 1.807) is 36.4 Å². The highest BCUT2D eigenvalue weighted by Crippen LogP contribution is 2.31. The van der Waals surface area contributed by atoms with E-state index in [0.29, 0.717) is 33.7 Å². The molecule has 7 heteroatoms. The summed E-state index contributed by atoms with van der Waals surface area (Å²) in [6.07, 6.45) is 3.16. The number of nitriles is 1. The van der Waals surface area contributed by atoms with Crippen LogP contribution in [0, 0.1) is 11.3 Å². The van der Waals surface area contributed by atoms with Gasteiger partial charge in [0.15, 0.2) is 11.5 Å². The van der Waals surface area contributed by atoms with E-state index in [0.717, 1.165) is 18.4 Å². The standard InChI is InChI=1S/C27H24Cl2N2O3/c1-33-26-15-20(9-12-25(26)34-18-21-10-11-23(28)16-24(21)29)14-22(17-30)27(32)31-13-5-8-19-6-3-2-4-7-19/h2-4,6-7,9-12,14-16H,5,8,13,18H2,1H3,(H,31,32)/b22-14-. The molecule has 0 aliphatic heterocycles. The average Bonchev–Trinajstić information content (AvgIpc) is 2.85. The van der Waals surface area contributed by atoms with Gasteiger partial charge in [-0.15, -0.1) is 0 Å². The lowest BCUT2D eigenvalue weighted by Gasteiger charge is -2.12. The molecule has 0 saturated carbocycles. The first-order chi connectivity index (χ1) is 16.5. The largest absolute Gasteiger partial charge is 0.493 e. The Balaban J connectivity index is 1.61. The number of halogens is 2. The van der Waals surface area contributed by atoms with Crippen LogP contribution in [-0.4, -0.2) is 19.6 Å². The van der Waals surface area contributed by atoms with E-state index in [1.807, 2.05) is 36.4 Å². The molecule has 0 fully saturated rings. The van der Waals surface area contributed by atoms with E-state index in [4.69, 9.17) is 32.7 Å². The highest BCUT2D eigenvalue weighted by molar-refractivity contribution is 6.35. The molecule has 0 saturated heterocycles. The number of rotatable bonds is 10. The molecule has 0 bridgehead atoms. The molecule has 174 valence electrons. The Hall–Kier alpha value is -3.46. The van der Waals surface area contributed by atoms with Crippen molar-refractivity contribution < 1.29 is 14.3 Å². The molecule has 0 radical (unpaired) electrons. The van der Waals surface area contributed by atoms with Gasteiger partial charge in [0.2, 0.25) is 0 Å². The second-order valence-corrected chi connectivity index (χ2v) is 8.29. The van der Waals surface area contributed by atoms with Crippen molar-refractivity contribution in [3.8, 4) is 17.6 Å². The Bertz CT molecular complexity index is 1200. The predicted octanol–water partition coefficient (Wildman–Crippen LogP) is 6.24. The number of methoxy groups -OCH3 is 1. The number of nitrogens with zero attached hydrogens (tertiary/aromatic N) is 1. The van der Waals surface area contributed by atoms with Crippen molar-refractivity contribution in [3.05, 3.63) is 99.0 Å². The summed E-state index contributed by atoms with van der Waals surface area (Å²) in [5.74, 6) is 0.571. The zero-order valence-electron chi connectivity index (χ0n) is 18.7. The molecule has 0 spiro atoms. The van der Waals surface area contributed by atoms with Gasteiger partial charge in [-0.05, 0) is 54.3 Å². The molecule has 0 aromatic heterocycles. The van der Waals surface area contributed by atoms with Gasteiger partial charge in [-0.3, -0.25) is 4.79 Å². The number of hydrogen-bond donors (Lipinski definition) is 1. The van der Waals surface area contributed by atoms with E-state index in [1.165, 1.54) is 18.7 Å². The van der Waals surface area contributed by atoms with Crippen molar-refractivity contribution in [1.82, 2.24) is 5.32 Å². The van der Waals surface area contributed by atoms with Crippen LogP contribution in [0.15, 0.2) is 72.3 Å². The number of amides is 1. The van der Waals surface area contributed by atoms with Crippen molar-refractivity contribution >= 4 is 35.2 Å². The van der Waals surface area contributed by atoms with Crippen LogP contribution < -0.4 is 14.8 Å². The minimum absolute atomic E-state index is 0.0170. The van der Waals surface area contributed by atoms with Crippen LogP contribution in [0.25, 0.3) is 6.08 Å². The number of ether oxygens (including phenoxy) is 2. The third-order valence-corrected chi connectivity index (χ3v) is 5.62. The van der Waals surface area contributed by atoms with Gasteiger partial charge < -0.3 is 14.8 Å². The quantitative estimate of drug-likeness (QED) is 0.205. The highest BCUT2D eigenvalue weighted by atomic mass is 35.5. The number of nitrogens with one attached hydrogen (secondary N) is 1. The molecule has 34 heavy (non-hydrogen) atoms. The lowest BCUT2D eigenvalue weighted by atomic mass is 10.1. The lowest BCUT2D eigenvalue weighted by molar-refractivity contribution is -0.117. The van der Waals surface area contributed by atoms with E-state index in [9.17, 15) is 10.1 Å². The maximum absolute atomic E-state index is 12.4. The van der Waals surface area contributed by atoms with Crippen molar-refractivity contribution in [2.75, 3.05) is 13.7 Å². The number of hydrogen-bond acceptors (Lipinski definition) is 4. The minimum atomic E-state index is -0.410. The van der Waals surface area contributed by atoms with Crippen molar-refractivity contribution in [3.63, 3.8) is 0 Å². The summed E-state index contributed by atoms with van der Waals surface area (Å²) in [4.78, 5) is 12.4. The smallest absolute Gasteiger partial charge is 0.261 e. The van der Waals surface area contributed by atoms with Crippen molar-refractivity contribution in [2.45, 2.75) is 19.4 Å². The number of benzene rings is 3. The van der Waals surface area contributed by atoms with Gasteiger partial charge in [-0.2, -0.15) is 5.26 Å². The van der Waals surface area contributed by atoms with Gasteiger partial charge in [-0.25, -0.2) is 0 Å². The molecule has 0 aliphatic carbocycles. The summed E-state index contributed by atoms with van der Waals surface area (Å²) in [7, 11) is 1.52. The summed E-state index contributed by atoms with van der Waals surface area (Å²) < 4.78 is 11.3. The monoisotopic (exact) mass is 494 g/mol. The molecule has 0 aliphatic rings. The second-order valence-electron chi connectivity index (χ2n) is 7.45. The first kappa shape index (κ1) is 25.2. The Labute approximate surface area is 209 Å². The molecule has 3 aromatic rings. The van der Waals surface area contributed by atoms with Crippen LogP contribution in [0.2, 0.25) is 10.0 Å². The fourth-order valence-corrected chi connectivity index (χ4v) is 3.70. The molecule has 0 unspecified atom stereocenters. The molecular weight excluding hydrogens is 471 g/mol. The Morgan fingerprint density at radius 1 is 1.06 bits per heavy atom. The number of aryl methyl sites for hydroxylation is 1. The highest BCUT2D eigenvalue weighted by Gasteiger charge is 2.11. The third kappa shape index (κ3) is 7.28. The SMILES string of the molecule is COc1cc(/C=C(/C#N)C(=O)NCCCc2ccccc2)ccc1OCc1ccc(Cl)cc1Cl. The molecule has 0 heterocycles.